The summed E-state index contributed by atoms with van der Waals surface area (Å²) < 4.78 is 5.36. The second kappa shape index (κ2) is 12.6. The first-order valence-corrected chi connectivity index (χ1v) is 9.51. The Labute approximate surface area is 143 Å². The fourth-order valence-corrected chi connectivity index (χ4v) is 2.99. The van der Waals surface area contributed by atoms with Crippen LogP contribution in [0.15, 0.2) is 4.99 Å². The van der Waals surface area contributed by atoms with Crippen molar-refractivity contribution in [3.8, 4) is 0 Å². The molecule has 0 amide bonds. The monoisotopic (exact) mass is 326 g/mol. The lowest BCUT2D eigenvalue weighted by Gasteiger charge is -2.35. The van der Waals surface area contributed by atoms with E-state index in [9.17, 15) is 0 Å². The van der Waals surface area contributed by atoms with Gasteiger partial charge in [0.05, 0.1) is 6.54 Å². The molecule has 2 N–H and O–H groups in total. The van der Waals surface area contributed by atoms with Crippen molar-refractivity contribution in [2.75, 3.05) is 45.9 Å². The van der Waals surface area contributed by atoms with Gasteiger partial charge in [0.1, 0.15) is 0 Å². The van der Waals surface area contributed by atoms with Crippen molar-refractivity contribution < 1.29 is 4.74 Å². The van der Waals surface area contributed by atoms with Gasteiger partial charge in [-0.2, -0.15) is 0 Å². The highest BCUT2D eigenvalue weighted by Gasteiger charge is 2.20. The zero-order valence-corrected chi connectivity index (χ0v) is 15.7. The molecule has 0 aromatic rings. The summed E-state index contributed by atoms with van der Waals surface area (Å²) in [4.78, 5) is 7.36. The summed E-state index contributed by atoms with van der Waals surface area (Å²) in [7, 11) is 0. The second-order valence-corrected chi connectivity index (χ2v) is 6.64. The normalized spacial score (nSPS) is 21.2. The molecule has 1 rings (SSSR count). The Morgan fingerprint density at radius 3 is 2.83 bits per heavy atom. The summed E-state index contributed by atoms with van der Waals surface area (Å²) in [6.07, 6.45) is 4.91. The number of likely N-dealkylation sites (tertiary alicyclic amines) is 1. The molecule has 5 nitrogen and oxygen atoms in total. The first-order valence-electron chi connectivity index (χ1n) is 9.51. The van der Waals surface area contributed by atoms with Gasteiger partial charge >= 0.3 is 0 Å². The molecular weight excluding hydrogens is 288 g/mol. The van der Waals surface area contributed by atoms with Gasteiger partial charge in [0.2, 0.25) is 0 Å². The maximum absolute atomic E-state index is 5.36. The van der Waals surface area contributed by atoms with Crippen molar-refractivity contribution in [2.24, 2.45) is 10.9 Å². The average Bonchev–Trinajstić information content (AvgIpc) is 2.55. The number of aliphatic imine (C=N–C) groups is 1. The third-order valence-corrected chi connectivity index (χ3v) is 4.38. The Balaban J connectivity index is 2.29. The summed E-state index contributed by atoms with van der Waals surface area (Å²) in [5.74, 6) is 1.77. The molecule has 1 heterocycles. The van der Waals surface area contributed by atoms with Crippen molar-refractivity contribution in [1.82, 2.24) is 15.5 Å². The van der Waals surface area contributed by atoms with E-state index in [0.717, 1.165) is 57.6 Å². The molecule has 136 valence electrons. The topological polar surface area (TPSA) is 48.9 Å². The predicted molar refractivity (Wildman–Crippen MR) is 99.1 cm³/mol. The van der Waals surface area contributed by atoms with Crippen LogP contribution < -0.4 is 10.6 Å². The van der Waals surface area contributed by atoms with Gasteiger partial charge in [0.15, 0.2) is 5.96 Å². The van der Waals surface area contributed by atoms with Gasteiger partial charge in [-0.1, -0.05) is 6.92 Å². The molecule has 1 fully saturated rings. The number of piperidine rings is 1. The van der Waals surface area contributed by atoms with E-state index in [1.165, 1.54) is 25.9 Å². The van der Waals surface area contributed by atoms with Crippen LogP contribution in [0, 0.1) is 5.92 Å². The van der Waals surface area contributed by atoms with E-state index in [1.54, 1.807) is 0 Å². The minimum atomic E-state index is 0.520. The minimum Gasteiger partial charge on any atom is -0.382 e. The molecule has 1 aliphatic rings. The van der Waals surface area contributed by atoms with Gasteiger partial charge in [-0.25, -0.2) is 0 Å². The van der Waals surface area contributed by atoms with E-state index >= 15 is 0 Å². The van der Waals surface area contributed by atoms with Crippen molar-refractivity contribution in [3.63, 3.8) is 0 Å². The molecule has 0 aliphatic carbocycles. The number of nitrogens with zero attached hydrogens (tertiary/aromatic N) is 2. The highest BCUT2D eigenvalue weighted by Crippen LogP contribution is 2.17. The van der Waals surface area contributed by atoms with Gasteiger partial charge in [0.25, 0.3) is 0 Å². The highest BCUT2D eigenvalue weighted by atomic mass is 16.5. The Hall–Kier alpha value is -0.810. The SMILES string of the molecule is CCNC(=NCC(C)N1CCCC(C)C1)NCCCCOCC. The van der Waals surface area contributed by atoms with Crippen LogP contribution in [0.25, 0.3) is 0 Å². The lowest BCUT2D eigenvalue weighted by Crippen LogP contribution is -2.43. The average molecular weight is 327 g/mol. The van der Waals surface area contributed by atoms with Crippen LogP contribution in [0.1, 0.15) is 53.4 Å². The summed E-state index contributed by atoms with van der Waals surface area (Å²) in [6, 6.07) is 0.520. The molecule has 1 aliphatic heterocycles. The number of hydrogen-bond acceptors (Lipinski definition) is 3. The highest BCUT2D eigenvalue weighted by molar-refractivity contribution is 5.79. The number of rotatable bonds is 10. The molecule has 23 heavy (non-hydrogen) atoms. The Kier molecular flexibility index (Phi) is 11.1. The molecule has 2 atom stereocenters. The fourth-order valence-electron chi connectivity index (χ4n) is 2.99. The number of hydrogen-bond donors (Lipinski definition) is 2. The van der Waals surface area contributed by atoms with Crippen LogP contribution in [0.5, 0.6) is 0 Å². The first kappa shape index (κ1) is 20.2. The number of nitrogens with one attached hydrogen (secondary N) is 2. The van der Waals surface area contributed by atoms with E-state index in [-0.39, 0.29) is 0 Å². The van der Waals surface area contributed by atoms with Gasteiger partial charge in [-0.3, -0.25) is 9.89 Å². The van der Waals surface area contributed by atoms with Crippen LogP contribution in [-0.2, 0) is 4.74 Å². The Morgan fingerprint density at radius 1 is 1.30 bits per heavy atom. The predicted octanol–water partition coefficient (Wildman–Crippen LogP) is 2.48. The first-order chi connectivity index (χ1) is 11.2. The maximum atomic E-state index is 5.36. The van der Waals surface area contributed by atoms with Crippen LogP contribution >= 0.6 is 0 Å². The van der Waals surface area contributed by atoms with E-state index < -0.39 is 0 Å². The van der Waals surface area contributed by atoms with E-state index in [0.29, 0.717) is 6.04 Å². The van der Waals surface area contributed by atoms with Crippen molar-refractivity contribution in [2.45, 2.75) is 59.4 Å². The van der Waals surface area contributed by atoms with Crippen LogP contribution in [0.2, 0.25) is 0 Å². The quantitative estimate of drug-likeness (QED) is 0.368. The van der Waals surface area contributed by atoms with Gasteiger partial charge in [0, 0.05) is 38.9 Å². The lowest BCUT2D eigenvalue weighted by atomic mass is 9.99. The summed E-state index contributed by atoms with van der Waals surface area (Å²) in [6.45, 7) is 15.6. The Bertz CT molecular complexity index is 322. The van der Waals surface area contributed by atoms with Crippen LogP contribution in [0.3, 0.4) is 0 Å². The smallest absolute Gasteiger partial charge is 0.191 e. The Morgan fingerprint density at radius 2 is 2.13 bits per heavy atom. The van der Waals surface area contributed by atoms with Gasteiger partial charge in [-0.05, 0) is 58.9 Å². The standard InChI is InChI=1S/C18H38N4O/c1-5-19-18(20-11-7-8-13-23-6-2)21-14-17(4)22-12-9-10-16(3)15-22/h16-17H,5-15H2,1-4H3,(H2,19,20,21). The minimum absolute atomic E-state index is 0.520. The lowest BCUT2D eigenvalue weighted by molar-refractivity contribution is 0.142. The van der Waals surface area contributed by atoms with E-state index in [2.05, 4.69) is 36.3 Å². The van der Waals surface area contributed by atoms with Gasteiger partial charge in [-0.15, -0.1) is 0 Å². The molecule has 1 saturated heterocycles. The third kappa shape index (κ3) is 9.16. The van der Waals surface area contributed by atoms with Crippen molar-refractivity contribution >= 4 is 5.96 Å². The molecule has 2 unspecified atom stereocenters. The summed E-state index contributed by atoms with van der Waals surface area (Å²) in [5, 5.41) is 6.77. The molecule has 0 aromatic heterocycles. The van der Waals surface area contributed by atoms with Crippen LogP contribution in [-0.4, -0.2) is 62.8 Å². The molecule has 0 saturated carbocycles. The molecule has 0 radical (unpaired) electrons. The molecule has 0 spiro atoms. The van der Waals surface area contributed by atoms with Crippen molar-refractivity contribution in [1.29, 1.82) is 0 Å². The number of guanidine groups is 1. The zero-order valence-electron chi connectivity index (χ0n) is 15.7. The summed E-state index contributed by atoms with van der Waals surface area (Å²) in [5.41, 5.74) is 0. The second-order valence-electron chi connectivity index (χ2n) is 6.64. The molecule has 5 heteroatoms. The zero-order chi connectivity index (χ0) is 16.9. The largest absolute Gasteiger partial charge is 0.382 e. The molecule has 0 bridgehead atoms. The fraction of sp³-hybridized carbons (Fsp3) is 0.944. The summed E-state index contributed by atoms with van der Waals surface area (Å²) >= 11 is 0. The van der Waals surface area contributed by atoms with E-state index in [1.807, 2.05) is 6.92 Å². The molecular formula is C18H38N4O. The number of unbranched alkanes of at least 4 members (excludes halogenated alkanes) is 1. The molecule has 0 aromatic carbocycles. The van der Waals surface area contributed by atoms with Gasteiger partial charge < -0.3 is 15.4 Å². The third-order valence-electron chi connectivity index (χ3n) is 4.38. The van der Waals surface area contributed by atoms with Crippen molar-refractivity contribution in [3.05, 3.63) is 0 Å². The maximum Gasteiger partial charge on any atom is 0.191 e. The number of ether oxygens (including phenoxy) is 1. The van der Waals surface area contributed by atoms with E-state index in [4.69, 9.17) is 9.73 Å². The van der Waals surface area contributed by atoms with Crippen LogP contribution in [0.4, 0.5) is 0 Å².